The van der Waals surface area contributed by atoms with Crippen LogP contribution in [0.4, 0.5) is 4.39 Å². The Hall–Kier alpha value is -1.54. The van der Waals surface area contributed by atoms with Crippen LogP contribution in [0.25, 0.3) is 0 Å². The van der Waals surface area contributed by atoms with Crippen molar-refractivity contribution >= 4 is 29.3 Å². The molecule has 1 N–H and O–H groups in total. The molecule has 18 heavy (non-hydrogen) atoms. The number of carbonyl (C=O) groups is 1. The molecule has 2 aromatic heterocycles. The average Bonchev–Trinajstić information content (AvgIpc) is 2.79. The quantitative estimate of drug-likeness (QED) is 0.930. The summed E-state index contributed by atoms with van der Waals surface area (Å²) in [6.45, 7) is 1.93. The lowest BCUT2D eigenvalue weighted by atomic mass is 10.3. The van der Waals surface area contributed by atoms with Crippen molar-refractivity contribution in [3.63, 3.8) is 0 Å². The number of nitrogens with zero attached hydrogens (tertiary/aromatic N) is 3. The van der Waals surface area contributed by atoms with Gasteiger partial charge >= 0.3 is 5.97 Å². The molecule has 0 aromatic carbocycles. The van der Waals surface area contributed by atoms with E-state index in [2.05, 4.69) is 14.3 Å². The standard InChI is InChI=1S/C10H8FN3O2S2/c1-2-7-13-10(18-14-7)17-8-6(9(15)16)3-5(11)4-12-8/h3-4H,2H2,1H3,(H,15,16). The minimum absolute atomic E-state index is 0.173. The Morgan fingerprint density at radius 3 is 3.00 bits per heavy atom. The summed E-state index contributed by atoms with van der Waals surface area (Å²) >= 11 is 2.24. The number of halogens is 1. The fraction of sp³-hybridized carbons (Fsp3) is 0.200. The van der Waals surface area contributed by atoms with Gasteiger partial charge in [0.2, 0.25) is 0 Å². The third-order valence-corrected chi connectivity index (χ3v) is 3.81. The third kappa shape index (κ3) is 2.82. The molecule has 0 radical (unpaired) electrons. The van der Waals surface area contributed by atoms with Gasteiger partial charge in [-0.25, -0.2) is 19.2 Å². The maximum atomic E-state index is 12.9. The summed E-state index contributed by atoms with van der Waals surface area (Å²) in [5, 5.41) is 9.18. The van der Waals surface area contributed by atoms with Gasteiger partial charge in [-0.15, -0.1) is 0 Å². The van der Waals surface area contributed by atoms with Crippen molar-refractivity contribution in [2.45, 2.75) is 22.7 Å². The van der Waals surface area contributed by atoms with Gasteiger partial charge < -0.3 is 5.11 Å². The van der Waals surface area contributed by atoms with E-state index in [0.29, 0.717) is 16.6 Å². The summed E-state index contributed by atoms with van der Waals surface area (Å²) in [5.74, 6) is -1.20. The fourth-order valence-electron chi connectivity index (χ4n) is 1.17. The number of carboxylic acid groups (broad SMARTS) is 1. The number of hydrogen-bond acceptors (Lipinski definition) is 6. The molecule has 94 valence electrons. The maximum absolute atomic E-state index is 12.9. The first kappa shape index (κ1) is 12.9. The molecule has 2 heterocycles. The summed E-state index contributed by atoms with van der Waals surface area (Å²) in [7, 11) is 0. The number of aromatic carboxylic acids is 1. The lowest BCUT2D eigenvalue weighted by Gasteiger charge is -2.01. The fourth-order valence-corrected chi connectivity index (χ4v) is 2.84. The first-order chi connectivity index (χ1) is 8.60. The third-order valence-electron chi connectivity index (χ3n) is 2.00. The maximum Gasteiger partial charge on any atom is 0.338 e. The molecule has 0 atom stereocenters. The highest BCUT2D eigenvalue weighted by Crippen LogP contribution is 2.30. The zero-order valence-corrected chi connectivity index (χ0v) is 10.9. The van der Waals surface area contributed by atoms with Crippen LogP contribution in [0, 0.1) is 5.82 Å². The molecule has 8 heteroatoms. The number of hydrogen-bond donors (Lipinski definition) is 1. The van der Waals surface area contributed by atoms with E-state index in [-0.39, 0.29) is 10.6 Å². The van der Waals surface area contributed by atoms with Crippen LogP contribution in [-0.4, -0.2) is 25.4 Å². The Balaban J connectivity index is 2.30. The van der Waals surface area contributed by atoms with Crippen LogP contribution >= 0.6 is 23.3 Å². The van der Waals surface area contributed by atoms with Crippen molar-refractivity contribution in [3.05, 3.63) is 29.5 Å². The van der Waals surface area contributed by atoms with Gasteiger partial charge in [0.05, 0.1) is 11.8 Å². The van der Waals surface area contributed by atoms with Gasteiger partial charge in [-0.2, -0.15) is 4.37 Å². The second kappa shape index (κ2) is 5.40. The van der Waals surface area contributed by atoms with Crippen LogP contribution < -0.4 is 0 Å². The van der Waals surface area contributed by atoms with Gasteiger partial charge in [-0.1, -0.05) is 6.92 Å². The van der Waals surface area contributed by atoms with E-state index in [1.807, 2.05) is 6.92 Å². The van der Waals surface area contributed by atoms with Crippen LogP contribution in [0.2, 0.25) is 0 Å². The van der Waals surface area contributed by atoms with Crippen LogP contribution in [0.3, 0.4) is 0 Å². The minimum atomic E-state index is -1.22. The Labute approximate surface area is 110 Å². The summed E-state index contributed by atoms with van der Waals surface area (Å²) in [5.41, 5.74) is -0.173. The second-order valence-corrected chi connectivity index (χ2v) is 5.23. The van der Waals surface area contributed by atoms with Crippen molar-refractivity contribution in [1.29, 1.82) is 0 Å². The van der Waals surface area contributed by atoms with E-state index < -0.39 is 11.8 Å². The SMILES string of the molecule is CCc1nsc(Sc2ncc(F)cc2C(=O)O)n1. The van der Waals surface area contributed by atoms with Crippen LogP contribution in [0.15, 0.2) is 21.6 Å². The van der Waals surface area contributed by atoms with Crippen LogP contribution in [-0.2, 0) is 6.42 Å². The van der Waals surface area contributed by atoms with E-state index in [1.54, 1.807) is 0 Å². The van der Waals surface area contributed by atoms with Crippen LogP contribution in [0.5, 0.6) is 0 Å². The molecule has 0 amide bonds. The van der Waals surface area contributed by atoms with Crippen molar-refractivity contribution in [3.8, 4) is 0 Å². The first-order valence-electron chi connectivity index (χ1n) is 4.99. The monoisotopic (exact) mass is 285 g/mol. The van der Waals surface area contributed by atoms with Gasteiger partial charge in [0.15, 0.2) is 4.34 Å². The molecule has 2 aromatic rings. The molecule has 0 aliphatic carbocycles. The highest BCUT2D eigenvalue weighted by Gasteiger charge is 2.16. The zero-order valence-electron chi connectivity index (χ0n) is 9.25. The largest absolute Gasteiger partial charge is 0.478 e. The topological polar surface area (TPSA) is 76.0 Å². The number of pyridine rings is 1. The Morgan fingerprint density at radius 2 is 2.39 bits per heavy atom. The smallest absolute Gasteiger partial charge is 0.338 e. The highest BCUT2D eigenvalue weighted by atomic mass is 32.2. The highest BCUT2D eigenvalue weighted by molar-refractivity contribution is 8.01. The molecular formula is C10H8FN3O2S2. The number of rotatable bonds is 4. The lowest BCUT2D eigenvalue weighted by Crippen LogP contribution is -2.01. The normalized spacial score (nSPS) is 10.6. The molecule has 0 aliphatic heterocycles. The first-order valence-corrected chi connectivity index (χ1v) is 6.58. The van der Waals surface area contributed by atoms with Gasteiger partial charge in [-0.05, 0) is 29.4 Å². The van der Waals surface area contributed by atoms with Gasteiger partial charge in [0, 0.05) is 6.42 Å². The van der Waals surface area contributed by atoms with Crippen molar-refractivity contribution < 1.29 is 14.3 Å². The number of aromatic nitrogens is 3. The molecule has 0 aliphatic rings. The lowest BCUT2D eigenvalue weighted by molar-refractivity contribution is 0.0691. The van der Waals surface area contributed by atoms with E-state index in [1.165, 1.54) is 11.5 Å². The van der Waals surface area contributed by atoms with Crippen LogP contribution in [0.1, 0.15) is 23.1 Å². The predicted molar refractivity (Wildman–Crippen MR) is 64.6 cm³/mol. The van der Waals surface area contributed by atoms with E-state index >= 15 is 0 Å². The molecular weight excluding hydrogens is 277 g/mol. The molecule has 0 unspecified atom stereocenters. The van der Waals surface area contributed by atoms with Crippen molar-refractivity contribution in [1.82, 2.24) is 14.3 Å². The molecule has 0 saturated heterocycles. The van der Waals surface area contributed by atoms with E-state index in [4.69, 9.17) is 5.11 Å². The van der Waals surface area contributed by atoms with Crippen molar-refractivity contribution in [2.75, 3.05) is 0 Å². The van der Waals surface area contributed by atoms with Gasteiger partial charge in [-0.3, -0.25) is 0 Å². The second-order valence-electron chi connectivity index (χ2n) is 3.24. The average molecular weight is 285 g/mol. The van der Waals surface area contributed by atoms with Gasteiger partial charge in [0.1, 0.15) is 16.7 Å². The molecule has 5 nitrogen and oxygen atoms in total. The predicted octanol–water partition coefficient (Wildman–Crippen LogP) is 2.48. The zero-order chi connectivity index (χ0) is 13.1. The molecule has 0 bridgehead atoms. The molecule has 0 spiro atoms. The summed E-state index contributed by atoms with van der Waals surface area (Å²) in [6.07, 6.45) is 1.69. The number of aryl methyl sites for hydroxylation is 1. The van der Waals surface area contributed by atoms with Crippen molar-refractivity contribution in [2.24, 2.45) is 0 Å². The van der Waals surface area contributed by atoms with Gasteiger partial charge in [0.25, 0.3) is 0 Å². The minimum Gasteiger partial charge on any atom is -0.478 e. The Bertz CT molecular complexity index is 588. The van der Waals surface area contributed by atoms with E-state index in [9.17, 15) is 9.18 Å². The Kier molecular flexibility index (Phi) is 3.87. The molecule has 0 saturated carbocycles. The molecule has 2 rings (SSSR count). The molecule has 0 fully saturated rings. The summed E-state index contributed by atoms with van der Waals surface area (Å²) in [6, 6.07) is 0.944. The number of carboxylic acids is 1. The summed E-state index contributed by atoms with van der Waals surface area (Å²) < 4.78 is 17.6. The summed E-state index contributed by atoms with van der Waals surface area (Å²) in [4.78, 5) is 18.9. The van der Waals surface area contributed by atoms with E-state index in [0.717, 1.165) is 24.0 Å². The Morgan fingerprint density at radius 1 is 1.61 bits per heavy atom.